The molecule has 2 heterocycles. The smallest absolute Gasteiger partial charge is 0.226 e. The summed E-state index contributed by atoms with van der Waals surface area (Å²) >= 11 is 0. The number of ether oxygens (including phenoxy) is 1. The Hall–Kier alpha value is -2.70. The largest absolute Gasteiger partial charge is 0.379 e. The third-order valence-electron chi connectivity index (χ3n) is 5.92. The van der Waals surface area contributed by atoms with Gasteiger partial charge >= 0.3 is 0 Å². The fourth-order valence-corrected chi connectivity index (χ4v) is 4.40. The van der Waals surface area contributed by atoms with Crippen LogP contribution in [0.4, 0.5) is 5.69 Å². The summed E-state index contributed by atoms with van der Waals surface area (Å²) in [6, 6.07) is 15.9. The number of hydrogen-bond donors (Lipinski definition) is 1. The number of carbonyl (C=O) groups is 2. The number of morpholine rings is 1. The molecule has 4 rings (SSSR count). The Morgan fingerprint density at radius 2 is 1.87 bits per heavy atom. The van der Waals surface area contributed by atoms with Gasteiger partial charge in [0.25, 0.3) is 0 Å². The molecule has 2 aliphatic rings. The zero-order chi connectivity index (χ0) is 20.9. The van der Waals surface area contributed by atoms with Crippen LogP contribution in [0.25, 0.3) is 0 Å². The van der Waals surface area contributed by atoms with Crippen LogP contribution in [0, 0.1) is 0 Å². The number of amides is 2. The molecule has 1 fully saturated rings. The van der Waals surface area contributed by atoms with Gasteiger partial charge in [-0.3, -0.25) is 14.5 Å². The van der Waals surface area contributed by atoms with Gasteiger partial charge in [-0.15, -0.1) is 0 Å². The van der Waals surface area contributed by atoms with Crippen molar-refractivity contribution in [3.63, 3.8) is 0 Å². The molecule has 2 aromatic carbocycles. The molecule has 0 aromatic heterocycles. The van der Waals surface area contributed by atoms with Crippen LogP contribution in [-0.4, -0.2) is 54.5 Å². The van der Waals surface area contributed by atoms with Crippen LogP contribution in [-0.2, 0) is 27.3 Å². The molecule has 1 N–H and O–H groups in total. The lowest BCUT2D eigenvalue weighted by Gasteiger charge is -2.36. The summed E-state index contributed by atoms with van der Waals surface area (Å²) < 4.78 is 5.41. The van der Waals surface area contributed by atoms with Gasteiger partial charge in [0.2, 0.25) is 11.8 Å². The van der Waals surface area contributed by atoms with Crippen LogP contribution in [0.5, 0.6) is 0 Å². The highest BCUT2D eigenvalue weighted by Gasteiger charge is 2.30. The van der Waals surface area contributed by atoms with Gasteiger partial charge in [-0.2, -0.15) is 0 Å². The second kappa shape index (κ2) is 9.41. The van der Waals surface area contributed by atoms with E-state index in [9.17, 15) is 9.59 Å². The van der Waals surface area contributed by atoms with Gasteiger partial charge in [0.05, 0.1) is 25.7 Å². The fraction of sp³-hybridized carbons (Fsp3) is 0.417. The molecule has 30 heavy (non-hydrogen) atoms. The predicted molar refractivity (Wildman–Crippen MR) is 116 cm³/mol. The van der Waals surface area contributed by atoms with E-state index in [4.69, 9.17) is 4.74 Å². The molecule has 0 bridgehead atoms. The van der Waals surface area contributed by atoms with Gasteiger partial charge in [-0.1, -0.05) is 36.4 Å². The lowest BCUT2D eigenvalue weighted by atomic mass is 9.90. The van der Waals surface area contributed by atoms with Crippen molar-refractivity contribution in [3.05, 3.63) is 65.2 Å². The summed E-state index contributed by atoms with van der Waals surface area (Å²) in [5.41, 5.74) is 4.27. The highest BCUT2D eigenvalue weighted by atomic mass is 16.5. The van der Waals surface area contributed by atoms with Crippen molar-refractivity contribution in [2.45, 2.75) is 32.4 Å². The second-order valence-corrected chi connectivity index (χ2v) is 8.02. The van der Waals surface area contributed by atoms with E-state index in [0.717, 1.165) is 50.5 Å². The molecule has 1 atom stereocenters. The molecule has 158 valence electrons. The van der Waals surface area contributed by atoms with Crippen LogP contribution in [0.1, 0.15) is 36.1 Å². The Balaban J connectivity index is 1.43. The zero-order valence-electron chi connectivity index (χ0n) is 17.5. The van der Waals surface area contributed by atoms with E-state index in [1.54, 1.807) is 6.92 Å². The Morgan fingerprint density at radius 3 is 2.67 bits per heavy atom. The molecular formula is C24H29N3O3. The number of hydrogen-bond acceptors (Lipinski definition) is 4. The topological polar surface area (TPSA) is 61.9 Å². The molecule has 0 saturated carbocycles. The van der Waals surface area contributed by atoms with E-state index in [0.29, 0.717) is 6.54 Å². The molecule has 1 unspecified atom stereocenters. The first kappa shape index (κ1) is 20.6. The fourth-order valence-electron chi connectivity index (χ4n) is 4.40. The molecule has 2 aromatic rings. The van der Waals surface area contributed by atoms with Crippen molar-refractivity contribution >= 4 is 17.5 Å². The van der Waals surface area contributed by atoms with E-state index in [2.05, 4.69) is 22.3 Å². The lowest BCUT2D eigenvalue weighted by molar-refractivity contribution is -0.132. The number of nitrogens with one attached hydrogen (secondary N) is 1. The number of carbonyl (C=O) groups excluding carboxylic acids is 2. The zero-order valence-corrected chi connectivity index (χ0v) is 17.5. The minimum atomic E-state index is -0.219. The SMILES string of the molecule is CC(=O)N1CCc2ccccc2C1CC(=O)Nc1cccc(CN2CCOCC2)c1. The minimum Gasteiger partial charge on any atom is -0.379 e. The number of anilines is 1. The molecule has 2 amide bonds. The summed E-state index contributed by atoms with van der Waals surface area (Å²) in [7, 11) is 0. The van der Waals surface area contributed by atoms with Gasteiger partial charge in [-0.05, 0) is 35.2 Å². The summed E-state index contributed by atoms with van der Waals surface area (Å²) in [5.74, 6) is -0.0683. The Kier molecular flexibility index (Phi) is 6.45. The quantitative estimate of drug-likeness (QED) is 0.828. The maximum atomic E-state index is 12.9. The van der Waals surface area contributed by atoms with Crippen LogP contribution >= 0.6 is 0 Å². The summed E-state index contributed by atoms with van der Waals surface area (Å²) in [4.78, 5) is 29.2. The van der Waals surface area contributed by atoms with E-state index in [1.165, 1.54) is 11.1 Å². The number of nitrogens with zero attached hydrogens (tertiary/aromatic N) is 2. The van der Waals surface area contributed by atoms with E-state index in [-0.39, 0.29) is 24.3 Å². The molecule has 2 aliphatic heterocycles. The van der Waals surface area contributed by atoms with Crippen LogP contribution in [0.3, 0.4) is 0 Å². The summed E-state index contributed by atoms with van der Waals surface area (Å²) in [6.07, 6.45) is 1.09. The maximum Gasteiger partial charge on any atom is 0.226 e. The monoisotopic (exact) mass is 407 g/mol. The van der Waals surface area contributed by atoms with Crippen molar-refractivity contribution < 1.29 is 14.3 Å². The van der Waals surface area contributed by atoms with Crippen LogP contribution in [0.2, 0.25) is 0 Å². The third kappa shape index (κ3) is 4.89. The number of rotatable bonds is 5. The van der Waals surface area contributed by atoms with Gasteiger partial charge in [0.1, 0.15) is 0 Å². The molecule has 0 radical (unpaired) electrons. The van der Waals surface area contributed by atoms with Crippen LogP contribution in [0.15, 0.2) is 48.5 Å². The van der Waals surface area contributed by atoms with E-state index in [1.807, 2.05) is 41.3 Å². The van der Waals surface area contributed by atoms with Gasteiger partial charge in [0.15, 0.2) is 0 Å². The van der Waals surface area contributed by atoms with Crippen molar-refractivity contribution in [3.8, 4) is 0 Å². The molecule has 6 heteroatoms. The van der Waals surface area contributed by atoms with E-state index < -0.39 is 0 Å². The number of benzene rings is 2. The summed E-state index contributed by atoms with van der Waals surface area (Å²) in [5, 5.41) is 3.04. The average Bonchev–Trinajstić information content (AvgIpc) is 2.74. The maximum absolute atomic E-state index is 12.9. The molecular weight excluding hydrogens is 378 g/mol. The number of fused-ring (bicyclic) bond motifs is 1. The standard InChI is InChI=1S/C24H29N3O3/c1-18(28)27-10-9-20-6-2-3-8-22(20)23(27)16-24(29)25-21-7-4-5-19(15-21)17-26-11-13-30-14-12-26/h2-8,15,23H,9-14,16-17H2,1H3,(H,25,29). The second-order valence-electron chi connectivity index (χ2n) is 8.02. The van der Waals surface area contributed by atoms with Gasteiger partial charge in [0, 0.05) is 38.8 Å². The average molecular weight is 408 g/mol. The first-order chi connectivity index (χ1) is 14.6. The Labute approximate surface area is 177 Å². The van der Waals surface area contributed by atoms with Crippen molar-refractivity contribution in [1.29, 1.82) is 0 Å². The Bertz CT molecular complexity index is 908. The highest BCUT2D eigenvalue weighted by Crippen LogP contribution is 2.32. The normalized spacial score (nSPS) is 19.2. The predicted octanol–water partition coefficient (Wildman–Crippen LogP) is 2.99. The van der Waals surface area contributed by atoms with Crippen molar-refractivity contribution in [2.24, 2.45) is 0 Å². The lowest BCUT2D eigenvalue weighted by Crippen LogP contribution is -2.40. The highest BCUT2D eigenvalue weighted by molar-refractivity contribution is 5.91. The molecule has 1 saturated heterocycles. The van der Waals surface area contributed by atoms with Crippen LogP contribution < -0.4 is 5.32 Å². The van der Waals surface area contributed by atoms with Crippen molar-refractivity contribution in [2.75, 3.05) is 38.2 Å². The molecule has 0 aliphatic carbocycles. The van der Waals surface area contributed by atoms with Gasteiger partial charge in [-0.25, -0.2) is 0 Å². The summed E-state index contributed by atoms with van der Waals surface area (Å²) in [6.45, 7) is 6.48. The molecule has 0 spiro atoms. The van der Waals surface area contributed by atoms with E-state index >= 15 is 0 Å². The molecule has 6 nitrogen and oxygen atoms in total. The first-order valence-corrected chi connectivity index (χ1v) is 10.6. The minimum absolute atomic E-state index is 0.00908. The first-order valence-electron chi connectivity index (χ1n) is 10.6. The Morgan fingerprint density at radius 1 is 1.07 bits per heavy atom. The van der Waals surface area contributed by atoms with Crippen molar-refractivity contribution in [1.82, 2.24) is 9.80 Å². The van der Waals surface area contributed by atoms with Gasteiger partial charge < -0.3 is 15.0 Å². The third-order valence-corrected chi connectivity index (χ3v) is 5.92.